The number of rotatable bonds is 5. The summed E-state index contributed by atoms with van der Waals surface area (Å²) in [6.45, 7) is 3.90. The number of anilines is 1. The fourth-order valence-electron chi connectivity index (χ4n) is 2.20. The summed E-state index contributed by atoms with van der Waals surface area (Å²) >= 11 is 0. The van der Waals surface area contributed by atoms with Crippen LogP contribution in [0.25, 0.3) is 0 Å². The van der Waals surface area contributed by atoms with E-state index in [1.807, 2.05) is 38.1 Å². The molecule has 0 radical (unpaired) electrons. The van der Waals surface area contributed by atoms with Gasteiger partial charge in [0.25, 0.3) is 5.91 Å². The third-order valence-electron chi connectivity index (χ3n) is 3.35. The molecule has 0 aliphatic heterocycles. The van der Waals surface area contributed by atoms with Crippen LogP contribution in [0.1, 0.15) is 35.7 Å². The molecule has 4 nitrogen and oxygen atoms in total. The van der Waals surface area contributed by atoms with Gasteiger partial charge in [-0.2, -0.15) is 0 Å². The van der Waals surface area contributed by atoms with Crippen molar-refractivity contribution in [2.45, 2.75) is 19.8 Å². The number of hydrogen-bond donors (Lipinski definition) is 2. The summed E-state index contributed by atoms with van der Waals surface area (Å²) in [5.41, 5.74) is 1.94. The summed E-state index contributed by atoms with van der Waals surface area (Å²) < 4.78 is 13.1. The maximum absolute atomic E-state index is 13.1. The fraction of sp³-hybridized carbons (Fsp3) is 0.222. The van der Waals surface area contributed by atoms with Gasteiger partial charge in [-0.1, -0.05) is 38.1 Å². The van der Waals surface area contributed by atoms with E-state index < -0.39 is 11.7 Å². The van der Waals surface area contributed by atoms with Crippen LogP contribution in [-0.4, -0.2) is 18.4 Å². The van der Waals surface area contributed by atoms with Crippen molar-refractivity contribution in [2.24, 2.45) is 0 Å². The molecule has 2 N–H and O–H groups in total. The average molecular weight is 314 g/mol. The van der Waals surface area contributed by atoms with Gasteiger partial charge in [-0.3, -0.25) is 9.59 Å². The molecule has 0 saturated heterocycles. The van der Waals surface area contributed by atoms with Gasteiger partial charge in [0.2, 0.25) is 5.91 Å². The summed E-state index contributed by atoms with van der Waals surface area (Å²) in [5.74, 6) is -1.04. The van der Waals surface area contributed by atoms with E-state index in [1.54, 1.807) is 0 Å². The van der Waals surface area contributed by atoms with Crippen LogP contribution >= 0.6 is 0 Å². The fourth-order valence-corrected chi connectivity index (χ4v) is 2.20. The van der Waals surface area contributed by atoms with Crippen LogP contribution < -0.4 is 10.6 Å². The topological polar surface area (TPSA) is 58.2 Å². The lowest BCUT2D eigenvalue weighted by Crippen LogP contribution is -2.33. The Bertz CT molecular complexity index is 714. The Kier molecular flexibility index (Phi) is 5.46. The normalized spacial score (nSPS) is 10.4. The SMILES string of the molecule is CC(C)c1ccccc1NC(=O)CNC(=O)c1cccc(F)c1. The van der Waals surface area contributed by atoms with Crippen LogP contribution in [0.2, 0.25) is 0 Å². The molecule has 0 unspecified atom stereocenters. The minimum Gasteiger partial charge on any atom is -0.343 e. The standard InChI is InChI=1S/C18H19FN2O2/c1-12(2)15-8-3-4-9-16(15)21-17(22)11-20-18(23)13-6-5-7-14(19)10-13/h3-10,12H,11H2,1-2H3,(H,20,23)(H,21,22). The highest BCUT2D eigenvalue weighted by molar-refractivity contribution is 5.99. The van der Waals surface area contributed by atoms with Crippen molar-refractivity contribution in [2.75, 3.05) is 11.9 Å². The second kappa shape index (κ2) is 7.54. The maximum Gasteiger partial charge on any atom is 0.251 e. The van der Waals surface area contributed by atoms with Crippen LogP contribution in [0, 0.1) is 5.82 Å². The number of carbonyl (C=O) groups is 2. The molecule has 0 aliphatic rings. The van der Waals surface area contributed by atoms with Crippen molar-refractivity contribution in [3.8, 4) is 0 Å². The Morgan fingerprint density at radius 2 is 1.83 bits per heavy atom. The molecular formula is C18H19FN2O2. The van der Waals surface area contributed by atoms with E-state index in [4.69, 9.17) is 0 Å². The van der Waals surface area contributed by atoms with Gasteiger partial charge in [-0.25, -0.2) is 4.39 Å². The summed E-state index contributed by atoms with van der Waals surface area (Å²) in [6.07, 6.45) is 0. The Morgan fingerprint density at radius 3 is 2.52 bits per heavy atom. The Hall–Kier alpha value is -2.69. The van der Waals surface area contributed by atoms with Gasteiger partial charge < -0.3 is 10.6 Å². The van der Waals surface area contributed by atoms with Crippen LogP contribution in [0.15, 0.2) is 48.5 Å². The lowest BCUT2D eigenvalue weighted by atomic mass is 10.0. The molecule has 2 aromatic carbocycles. The number of carbonyl (C=O) groups excluding carboxylic acids is 2. The van der Waals surface area contributed by atoms with E-state index in [9.17, 15) is 14.0 Å². The van der Waals surface area contributed by atoms with E-state index in [-0.39, 0.29) is 23.9 Å². The van der Waals surface area contributed by atoms with Gasteiger partial charge in [-0.15, -0.1) is 0 Å². The lowest BCUT2D eigenvalue weighted by molar-refractivity contribution is -0.115. The largest absolute Gasteiger partial charge is 0.343 e. The smallest absolute Gasteiger partial charge is 0.251 e. The summed E-state index contributed by atoms with van der Waals surface area (Å²) in [4.78, 5) is 23.9. The van der Waals surface area contributed by atoms with E-state index in [0.29, 0.717) is 0 Å². The molecule has 2 rings (SSSR count). The first kappa shape index (κ1) is 16.7. The molecule has 2 aromatic rings. The zero-order valence-electron chi connectivity index (χ0n) is 13.1. The molecule has 120 valence electrons. The van der Waals surface area contributed by atoms with Crippen LogP contribution in [0.4, 0.5) is 10.1 Å². The zero-order valence-corrected chi connectivity index (χ0v) is 13.1. The van der Waals surface area contributed by atoms with Crippen molar-refractivity contribution in [1.29, 1.82) is 0 Å². The summed E-state index contributed by atoms with van der Waals surface area (Å²) in [6, 6.07) is 12.8. The van der Waals surface area contributed by atoms with E-state index in [2.05, 4.69) is 10.6 Å². The Morgan fingerprint density at radius 1 is 1.09 bits per heavy atom. The molecule has 5 heteroatoms. The lowest BCUT2D eigenvalue weighted by Gasteiger charge is -2.13. The Labute approximate surface area is 134 Å². The second-order valence-electron chi connectivity index (χ2n) is 5.48. The summed E-state index contributed by atoms with van der Waals surface area (Å²) in [5, 5.41) is 5.26. The second-order valence-corrected chi connectivity index (χ2v) is 5.48. The molecular weight excluding hydrogens is 295 g/mol. The third kappa shape index (κ3) is 4.64. The molecule has 0 atom stereocenters. The predicted molar refractivity (Wildman–Crippen MR) is 87.9 cm³/mol. The van der Waals surface area contributed by atoms with Crippen molar-refractivity contribution in [3.05, 3.63) is 65.5 Å². The van der Waals surface area contributed by atoms with Crippen LogP contribution in [0.5, 0.6) is 0 Å². The first-order valence-corrected chi connectivity index (χ1v) is 7.40. The highest BCUT2D eigenvalue weighted by Gasteiger charge is 2.11. The van der Waals surface area contributed by atoms with Crippen molar-refractivity contribution in [3.63, 3.8) is 0 Å². The van der Waals surface area contributed by atoms with Crippen molar-refractivity contribution < 1.29 is 14.0 Å². The van der Waals surface area contributed by atoms with Gasteiger partial charge in [0.1, 0.15) is 5.82 Å². The van der Waals surface area contributed by atoms with E-state index in [1.165, 1.54) is 18.2 Å². The molecule has 23 heavy (non-hydrogen) atoms. The van der Waals surface area contributed by atoms with Gasteiger partial charge in [0.05, 0.1) is 6.54 Å². The highest BCUT2D eigenvalue weighted by atomic mass is 19.1. The first-order valence-electron chi connectivity index (χ1n) is 7.40. The molecule has 0 saturated carbocycles. The van der Waals surface area contributed by atoms with Gasteiger partial charge in [0.15, 0.2) is 0 Å². The predicted octanol–water partition coefficient (Wildman–Crippen LogP) is 3.32. The first-order chi connectivity index (χ1) is 11.0. The minimum atomic E-state index is -0.493. The van der Waals surface area contributed by atoms with E-state index in [0.717, 1.165) is 17.3 Å². The summed E-state index contributed by atoms with van der Waals surface area (Å²) in [7, 11) is 0. The average Bonchev–Trinajstić information content (AvgIpc) is 2.53. The number of amides is 2. The van der Waals surface area contributed by atoms with Gasteiger partial charge in [0, 0.05) is 11.3 Å². The van der Waals surface area contributed by atoms with Crippen LogP contribution in [0.3, 0.4) is 0 Å². The molecule has 0 heterocycles. The molecule has 0 fully saturated rings. The van der Waals surface area contributed by atoms with Gasteiger partial charge >= 0.3 is 0 Å². The third-order valence-corrected chi connectivity index (χ3v) is 3.35. The zero-order chi connectivity index (χ0) is 16.8. The minimum absolute atomic E-state index is 0.179. The van der Waals surface area contributed by atoms with Gasteiger partial charge in [-0.05, 0) is 35.7 Å². The quantitative estimate of drug-likeness (QED) is 0.889. The number of hydrogen-bond acceptors (Lipinski definition) is 2. The highest BCUT2D eigenvalue weighted by Crippen LogP contribution is 2.23. The van der Waals surface area contributed by atoms with Crippen molar-refractivity contribution >= 4 is 17.5 Å². The number of nitrogens with one attached hydrogen (secondary N) is 2. The van der Waals surface area contributed by atoms with E-state index >= 15 is 0 Å². The monoisotopic (exact) mass is 314 g/mol. The number of halogens is 1. The molecule has 2 amide bonds. The van der Waals surface area contributed by atoms with Crippen molar-refractivity contribution in [1.82, 2.24) is 5.32 Å². The number of para-hydroxylation sites is 1. The Balaban J connectivity index is 1.94. The molecule has 0 aliphatic carbocycles. The molecule has 0 bridgehead atoms. The van der Waals surface area contributed by atoms with Crippen LogP contribution in [-0.2, 0) is 4.79 Å². The molecule has 0 spiro atoms. The maximum atomic E-state index is 13.1. The number of benzene rings is 2. The molecule has 0 aromatic heterocycles.